The monoisotopic (exact) mass is 494 g/mol. The summed E-state index contributed by atoms with van der Waals surface area (Å²) in [6, 6.07) is 12.0. The van der Waals surface area contributed by atoms with E-state index in [0.29, 0.717) is 24.5 Å². The first kappa shape index (κ1) is 23.6. The van der Waals surface area contributed by atoms with Crippen LogP contribution in [0, 0.1) is 0 Å². The van der Waals surface area contributed by atoms with Gasteiger partial charge < -0.3 is 10.2 Å². The highest BCUT2D eigenvalue weighted by molar-refractivity contribution is 7.99. The van der Waals surface area contributed by atoms with E-state index >= 15 is 0 Å². The molecule has 2 aliphatic rings. The van der Waals surface area contributed by atoms with E-state index < -0.39 is 10.0 Å². The number of hydrogen-bond donors (Lipinski definition) is 1. The molecule has 0 spiro atoms. The number of thioether (sulfide) groups is 1. The Morgan fingerprint density at radius 1 is 0.969 bits per heavy atom. The molecule has 1 amide bonds. The SMILES string of the molecule is O=C(NCCCN1CCN(c2ccccc2)CC1)c1sccc1S(=O)(=O)N1CCSCC1. The molecule has 1 aromatic carbocycles. The van der Waals surface area contributed by atoms with Crippen LogP contribution in [0.2, 0.25) is 0 Å². The number of piperazine rings is 1. The fourth-order valence-corrected chi connectivity index (χ4v) is 7.94. The zero-order chi connectivity index (χ0) is 22.4. The summed E-state index contributed by atoms with van der Waals surface area (Å²) < 4.78 is 27.4. The van der Waals surface area contributed by atoms with Gasteiger partial charge in [-0.1, -0.05) is 18.2 Å². The van der Waals surface area contributed by atoms with Crippen molar-refractivity contribution in [1.82, 2.24) is 14.5 Å². The van der Waals surface area contributed by atoms with Crippen LogP contribution < -0.4 is 10.2 Å². The number of sulfonamides is 1. The highest BCUT2D eigenvalue weighted by Gasteiger charge is 2.31. The number of carbonyl (C=O) groups is 1. The summed E-state index contributed by atoms with van der Waals surface area (Å²) in [6.07, 6.45) is 0.841. The minimum absolute atomic E-state index is 0.143. The molecule has 2 saturated heterocycles. The molecule has 10 heteroatoms. The normalized spacial score (nSPS) is 18.6. The van der Waals surface area contributed by atoms with E-state index in [4.69, 9.17) is 0 Å². The maximum absolute atomic E-state index is 13.0. The molecule has 0 radical (unpaired) electrons. The molecule has 0 atom stereocenters. The van der Waals surface area contributed by atoms with Crippen molar-refractivity contribution in [3.8, 4) is 0 Å². The van der Waals surface area contributed by atoms with Gasteiger partial charge in [-0.3, -0.25) is 9.69 Å². The van der Waals surface area contributed by atoms with Crippen LogP contribution >= 0.6 is 23.1 Å². The van der Waals surface area contributed by atoms with Crippen LogP contribution in [-0.2, 0) is 10.0 Å². The average Bonchev–Trinajstić information content (AvgIpc) is 3.34. The number of carbonyl (C=O) groups excluding carboxylic acids is 1. The number of rotatable bonds is 8. The third kappa shape index (κ3) is 5.66. The third-order valence-electron chi connectivity index (χ3n) is 5.85. The lowest BCUT2D eigenvalue weighted by Gasteiger charge is -2.36. The molecular formula is C22H30N4O3S3. The minimum atomic E-state index is -3.61. The lowest BCUT2D eigenvalue weighted by atomic mass is 10.2. The number of anilines is 1. The van der Waals surface area contributed by atoms with E-state index in [1.54, 1.807) is 23.2 Å². The van der Waals surface area contributed by atoms with Gasteiger partial charge in [-0.05, 0) is 36.5 Å². The number of thiophene rings is 1. The quantitative estimate of drug-likeness (QED) is 0.569. The predicted molar refractivity (Wildman–Crippen MR) is 132 cm³/mol. The highest BCUT2D eigenvalue weighted by Crippen LogP contribution is 2.27. The number of nitrogens with one attached hydrogen (secondary N) is 1. The summed E-state index contributed by atoms with van der Waals surface area (Å²) >= 11 is 2.95. The number of nitrogens with zero attached hydrogens (tertiary/aromatic N) is 3. The van der Waals surface area contributed by atoms with Crippen molar-refractivity contribution in [1.29, 1.82) is 0 Å². The molecule has 3 heterocycles. The Bertz CT molecular complexity index is 983. The van der Waals surface area contributed by atoms with Crippen LogP contribution in [0.4, 0.5) is 5.69 Å². The molecule has 2 aliphatic heterocycles. The van der Waals surface area contributed by atoms with E-state index in [9.17, 15) is 13.2 Å². The first-order valence-electron chi connectivity index (χ1n) is 11.0. The summed E-state index contributed by atoms with van der Waals surface area (Å²) in [5.41, 5.74) is 1.27. The highest BCUT2D eigenvalue weighted by atomic mass is 32.2. The molecule has 0 unspecified atom stereocenters. The summed E-state index contributed by atoms with van der Waals surface area (Å²) in [4.78, 5) is 18.0. The Kier molecular flexibility index (Phi) is 8.12. The molecule has 1 aromatic heterocycles. The fourth-order valence-electron chi connectivity index (χ4n) is 4.05. The fraction of sp³-hybridized carbons (Fsp3) is 0.500. The molecule has 0 aliphatic carbocycles. The van der Waals surface area contributed by atoms with Gasteiger partial charge in [0.15, 0.2) is 0 Å². The number of hydrogen-bond acceptors (Lipinski definition) is 7. The lowest BCUT2D eigenvalue weighted by molar-refractivity contribution is 0.0952. The Morgan fingerprint density at radius 3 is 2.41 bits per heavy atom. The van der Waals surface area contributed by atoms with Gasteiger partial charge in [0.2, 0.25) is 10.0 Å². The van der Waals surface area contributed by atoms with Gasteiger partial charge in [0, 0.05) is 63.0 Å². The molecule has 0 bridgehead atoms. The first-order chi connectivity index (χ1) is 15.6. The molecule has 32 heavy (non-hydrogen) atoms. The molecule has 2 fully saturated rings. The van der Waals surface area contributed by atoms with E-state index in [2.05, 4.69) is 39.4 Å². The molecule has 7 nitrogen and oxygen atoms in total. The van der Waals surface area contributed by atoms with Crippen molar-refractivity contribution < 1.29 is 13.2 Å². The zero-order valence-corrected chi connectivity index (χ0v) is 20.6. The van der Waals surface area contributed by atoms with Gasteiger partial charge >= 0.3 is 0 Å². The van der Waals surface area contributed by atoms with Crippen molar-refractivity contribution in [3.63, 3.8) is 0 Å². The van der Waals surface area contributed by atoms with E-state index in [-0.39, 0.29) is 10.8 Å². The second-order valence-corrected chi connectivity index (χ2v) is 12.0. The second kappa shape index (κ2) is 11.0. The molecule has 4 rings (SSSR count). The van der Waals surface area contributed by atoms with Crippen LogP contribution in [0.15, 0.2) is 46.7 Å². The topological polar surface area (TPSA) is 73.0 Å². The standard InChI is InChI=1S/C22H30N4O3S3/c27-22(21-20(7-16-31-21)32(28,29)26-14-17-30-18-15-26)23-8-4-9-24-10-12-25(13-11-24)19-5-2-1-3-6-19/h1-3,5-7,16H,4,8-15,17-18H2,(H,23,27). The molecule has 2 aromatic rings. The van der Waals surface area contributed by atoms with Crippen LogP contribution in [0.3, 0.4) is 0 Å². The molecule has 0 saturated carbocycles. The summed E-state index contributed by atoms with van der Waals surface area (Å²) in [6.45, 7) is 6.47. The Hall–Kier alpha value is -1.59. The number of amides is 1. The van der Waals surface area contributed by atoms with E-state index in [1.165, 1.54) is 21.3 Å². The minimum Gasteiger partial charge on any atom is -0.369 e. The summed E-state index contributed by atoms with van der Waals surface area (Å²) in [7, 11) is -3.61. The van der Waals surface area contributed by atoms with E-state index in [0.717, 1.165) is 50.7 Å². The Balaban J connectivity index is 1.22. The molecular weight excluding hydrogens is 464 g/mol. The average molecular weight is 495 g/mol. The molecule has 1 N–H and O–H groups in total. The smallest absolute Gasteiger partial charge is 0.262 e. The van der Waals surface area contributed by atoms with Crippen molar-refractivity contribution in [2.45, 2.75) is 11.3 Å². The third-order valence-corrected chi connectivity index (χ3v) is 9.78. The first-order valence-corrected chi connectivity index (χ1v) is 14.5. The van der Waals surface area contributed by atoms with Gasteiger partial charge in [0.25, 0.3) is 5.91 Å². The molecule has 174 valence electrons. The maximum atomic E-state index is 13.0. The maximum Gasteiger partial charge on any atom is 0.262 e. The van der Waals surface area contributed by atoms with Crippen LogP contribution in [0.5, 0.6) is 0 Å². The lowest BCUT2D eigenvalue weighted by Crippen LogP contribution is -2.47. The van der Waals surface area contributed by atoms with Gasteiger partial charge in [0.1, 0.15) is 9.77 Å². The van der Waals surface area contributed by atoms with E-state index in [1.807, 2.05) is 6.07 Å². The van der Waals surface area contributed by atoms with Gasteiger partial charge in [-0.2, -0.15) is 16.1 Å². The van der Waals surface area contributed by atoms with Gasteiger partial charge in [-0.15, -0.1) is 11.3 Å². The van der Waals surface area contributed by atoms with Crippen molar-refractivity contribution in [2.75, 3.05) is 68.8 Å². The van der Waals surface area contributed by atoms with Gasteiger partial charge in [0.05, 0.1) is 0 Å². The van der Waals surface area contributed by atoms with Gasteiger partial charge in [-0.25, -0.2) is 8.42 Å². The summed E-state index contributed by atoms with van der Waals surface area (Å²) in [5.74, 6) is 1.30. The Morgan fingerprint density at radius 2 is 1.69 bits per heavy atom. The van der Waals surface area contributed by atoms with Crippen molar-refractivity contribution in [2.24, 2.45) is 0 Å². The second-order valence-electron chi connectivity index (χ2n) is 7.90. The summed E-state index contributed by atoms with van der Waals surface area (Å²) in [5, 5.41) is 4.61. The van der Waals surface area contributed by atoms with Crippen molar-refractivity contribution in [3.05, 3.63) is 46.7 Å². The van der Waals surface area contributed by atoms with Crippen LogP contribution in [0.25, 0.3) is 0 Å². The van der Waals surface area contributed by atoms with Crippen LogP contribution in [0.1, 0.15) is 16.1 Å². The number of benzene rings is 1. The van der Waals surface area contributed by atoms with Crippen molar-refractivity contribution >= 4 is 44.7 Å². The van der Waals surface area contributed by atoms with Crippen LogP contribution in [-0.4, -0.2) is 87.4 Å². The predicted octanol–water partition coefficient (Wildman–Crippen LogP) is 2.43. The Labute approximate surface area is 198 Å². The number of para-hydroxylation sites is 1. The zero-order valence-electron chi connectivity index (χ0n) is 18.1. The largest absolute Gasteiger partial charge is 0.369 e.